The van der Waals surface area contributed by atoms with E-state index in [0.29, 0.717) is 0 Å². The predicted molar refractivity (Wildman–Crippen MR) is 68.9 cm³/mol. The lowest BCUT2D eigenvalue weighted by molar-refractivity contribution is -0.154. The molecule has 1 amide bonds. The van der Waals surface area contributed by atoms with Gasteiger partial charge in [-0.2, -0.15) is 13.2 Å². The fourth-order valence-corrected chi connectivity index (χ4v) is 2.37. The lowest BCUT2D eigenvalue weighted by atomic mass is 10.0. The van der Waals surface area contributed by atoms with E-state index in [1.165, 1.54) is 18.2 Å². The molecule has 1 N–H and O–H groups in total. The van der Waals surface area contributed by atoms with Gasteiger partial charge < -0.3 is 14.7 Å². The number of halogens is 3. The molecule has 0 radical (unpaired) electrons. The molecule has 1 aromatic carbocycles. The van der Waals surface area contributed by atoms with Crippen molar-refractivity contribution < 1.29 is 32.6 Å². The van der Waals surface area contributed by atoms with Crippen molar-refractivity contribution in [2.75, 3.05) is 13.2 Å². The van der Waals surface area contributed by atoms with Gasteiger partial charge in [-0.05, 0) is 11.6 Å². The Labute approximate surface area is 124 Å². The number of morpholine rings is 1. The van der Waals surface area contributed by atoms with Crippen LogP contribution in [0.4, 0.5) is 13.2 Å². The second-order valence-electron chi connectivity index (χ2n) is 4.94. The van der Waals surface area contributed by atoms with Crippen molar-refractivity contribution in [1.29, 1.82) is 0 Å². The minimum Gasteiger partial charge on any atom is -0.481 e. The standard InChI is InChI=1S/C14H14F3NO4/c15-14(16,17)11-4-2-1-3-9(11)6-18-10(5-13(20)21)7-22-8-12(18)19/h1-4,10H,5-8H2,(H,20,21). The summed E-state index contributed by atoms with van der Waals surface area (Å²) in [5.41, 5.74) is -0.899. The Kier molecular flexibility index (Phi) is 4.70. The highest BCUT2D eigenvalue weighted by molar-refractivity contribution is 5.79. The van der Waals surface area contributed by atoms with Crippen molar-refractivity contribution in [2.24, 2.45) is 0 Å². The monoisotopic (exact) mass is 317 g/mol. The van der Waals surface area contributed by atoms with Crippen molar-refractivity contribution in [3.8, 4) is 0 Å². The van der Waals surface area contributed by atoms with Gasteiger partial charge in [-0.15, -0.1) is 0 Å². The molecule has 120 valence electrons. The second-order valence-corrected chi connectivity index (χ2v) is 4.94. The molecule has 5 nitrogen and oxygen atoms in total. The summed E-state index contributed by atoms with van der Waals surface area (Å²) in [6.45, 7) is -0.563. The summed E-state index contributed by atoms with van der Waals surface area (Å²) in [6.07, 6.45) is -4.91. The number of rotatable bonds is 4. The van der Waals surface area contributed by atoms with E-state index in [-0.39, 0.29) is 31.7 Å². The third-order valence-corrected chi connectivity index (χ3v) is 3.37. The maximum atomic E-state index is 13.0. The molecular formula is C14H14F3NO4. The number of amides is 1. The first kappa shape index (κ1) is 16.3. The molecule has 0 saturated carbocycles. The number of benzene rings is 1. The number of nitrogens with zero attached hydrogens (tertiary/aromatic N) is 1. The van der Waals surface area contributed by atoms with Crippen LogP contribution in [0.5, 0.6) is 0 Å². The molecule has 1 aliphatic rings. The van der Waals surface area contributed by atoms with Crippen LogP contribution in [-0.4, -0.2) is 41.1 Å². The van der Waals surface area contributed by atoms with Gasteiger partial charge in [0.25, 0.3) is 0 Å². The average molecular weight is 317 g/mol. The van der Waals surface area contributed by atoms with Gasteiger partial charge in [-0.1, -0.05) is 18.2 Å². The lowest BCUT2D eigenvalue weighted by Gasteiger charge is -2.35. The molecule has 1 heterocycles. The van der Waals surface area contributed by atoms with Gasteiger partial charge in [-0.3, -0.25) is 9.59 Å². The summed E-state index contributed by atoms with van der Waals surface area (Å²) in [4.78, 5) is 23.8. The summed E-state index contributed by atoms with van der Waals surface area (Å²) in [5, 5.41) is 8.85. The molecular weight excluding hydrogens is 303 g/mol. The number of carbonyl (C=O) groups excluding carboxylic acids is 1. The number of carboxylic acids is 1. The summed E-state index contributed by atoms with van der Waals surface area (Å²) in [6, 6.07) is 4.15. The fourth-order valence-electron chi connectivity index (χ4n) is 2.37. The molecule has 0 aromatic heterocycles. The SMILES string of the molecule is O=C(O)CC1COCC(=O)N1Cc1ccccc1C(F)(F)F. The first-order valence-corrected chi connectivity index (χ1v) is 6.53. The van der Waals surface area contributed by atoms with E-state index in [2.05, 4.69) is 0 Å². The van der Waals surface area contributed by atoms with Gasteiger partial charge in [0.15, 0.2) is 0 Å². The zero-order valence-electron chi connectivity index (χ0n) is 11.5. The Morgan fingerprint density at radius 1 is 1.36 bits per heavy atom. The molecule has 2 rings (SSSR count). The Hall–Kier alpha value is -2.09. The highest BCUT2D eigenvalue weighted by atomic mass is 19.4. The van der Waals surface area contributed by atoms with Crippen LogP contribution in [0.1, 0.15) is 17.5 Å². The van der Waals surface area contributed by atoms with Crippen molar-refractivity contribution in [3.63, 3.8) is 0 Å². The number of alkyl halides is 3. The van der Waals surface area contributed by atoms with E-state index in [4.69, 9.17) is 9.84 Å². The maximum Gasteiger partial charge on any atom is 0.416 e. The molecule has 0 spiro atoms. The van der Waals surface area contributed by atoms with Crippen molar-refractivity contribution in [3.05, 3.63) is 35.4 Å². The number of carboxylic acid groups (broad SMARTS) is 1. The van der Waals surface area contributed by atoms with Crippen LogP contribution in [0.2, 0.25) is 0 Å². The first-order valence-electron chi connectivity index (χ1n) is 6.53. The van der Waals surface area contributed by atoms with Gasteiger partial charge >= 0.3 is 12.1 Å². The third kappa shape index (κ3) is 3.76. The summed E-state index contributed by atoms with van der Waals surface area (Å²) >= 11 is 0. The van der Waals surface area contributed by atoms with Gasteiger partial charge in [0.2, 0.25) is 5.91 Å². The van der Waals surface area contributed by atoms with Crippen LogP contribution in [0.15, 0.2) is 24.3 Å². The summed E-state index contributed by atoms with van der Waals surface area (Å²) in [7, 11) is 0. The van der Waals surface area contributed by atoms with Crippen molar-refractivity contribution in [2.45, 2.75) is 25.2 Å². The van der Waals surface area contributed by atoms with Crippen LogP contribution in [0, 0.1) is 0 Å². The third-order valence-electron chi connectivity index (χ3n) is 3.37. The molecule has 1 saturated heterocycles. The van der Waals surface area contributed by atoms with Crippen LogP contribution >= 0.6 is 0 Å². The Morgan fingerprint density at radius 2 is 2.05 bits per heavy atom. The van der Waals surface area contributed by atoms with Crippen LogP contribution < -0.4 is 0 Å². The molecule has 0 bridgehead atoms. The second kappa shape index (κ2) is 6.35. The number of hydrogen-bond donors (Lipinski definition) is 1. The quantitative estimate of drug-likeness (QED) is 0.921. The predicted octanol–water partition coefficient (Wildman–Crippen LogP) is 1.91. The van der Waals surface area contributed by atoms with Crippen LogP contribution in [0.3, 0.4) is 0 Å². The number of carbonyl (C=O) groups is 2. The fraction of sp³-hybridized carbons (Fsp3) is 0.429. The van der Waals surface area contributed by atoms with E-state index < -0.39 is 29.7 Å². The molecule has 1 fully saturated rings. The lowest BCUT2D eigenvalue weighted by Crippen LogP contribution is -2.49. The molecule has 1 aliphatic heterocycles. The Balaban J connectivity index is 2.27. The largest absolute Gasteiger partial charge is 0.481 e. The van der Waals surface area contributed by atoms with E-state index >= 15 is 0 Å². The molecule has 22 heavy (non-hydrogen) atoms. The van der Waals surface area contributed by atoms with Crippen molar-refractivity contribution >= 4 is 11.9 Å². The Bertz CT molecular complexity index is 573. The van der Waals surface area contributed by atoms with Gasteiger partial charge in [-0.25, -0.2) is 0 Å². The number of ether oxygens (including phenoxy) is 1. The maximum absolute atomic E-state index is 13.0. The minimum absolute atomic E-state index is 0.00771. The van der Waals surface area contributed by atoms with Gasteiger partial charge in [0.05, 0.1) is 24.6 Å². The Morgan fingerprint density at radius 3 is 2.68 bits per heavy atom. The smallest absolute Gasteiger partial charge is 0.416 e. The van der Waals surface area contributed by atoms with E-state index in [1.54, 1.807) is 0 Å². The normalized spacial score (nSPS) is 19.3. The molecule has 8 heteroatoms. The highest BCUT2D eigenvalue weighted by Gasteiger charge is 2.36. The van der Waals surface area contributed by atoms with Crippen LogP contribution in [-0.2, 0) is 27.0 Å². The topological polar surface area (TPSA) is 66.8 Å². The molecule has 1 unspecified atom stereocenters. The van der Waals surface area contributed by atoms with Crippen molar-refractivity contribution in [1.82, 2.24) is 4.90 Å². The minimum atomic E-state index is -4.53. The average Bonchev–Trinajstić information content (AvgIpc) is 2.41. The van der Waals surface area contributed by atoms with E-state index in [1.807, 2.05) is 0 Å². The highest BCUT2D eigenvalue weighted by Crippen LogP contribution is 2.33. The molecule has 1 aromatic rings. The van der Waals surface area contributed by atoms with E-state index in [0.717, 1.165) is 11.0 Å². The zero-order valence-corrected chi connectivity index (χ0v) is 11.5. The number of hydrogen-bond acceptors (Lipinski definition) is 3. The van der Waals surface area contributed by atoms with Gasteiger partial charge in [0, 0.05) is 6.54 Å². The molecule has 0 aliphatic carbocycles. The summed E-state index contributed by atoms with van der Waals surface area (Å²) in [5.74, 6) is -1.66. The first-order chi connectivity index (χ1) is 10.3. The van der Waals surface area contributed by atoms with Crippen LogP contribution in [0.25, 0.3) is 0 Å². The molecule has 1 atom stereocenters. The van der Waals surface area contributed by atoms with Gasteiger partial charge in [0.1, 0.15) is 6.61 Å². The number of aliphatic carboxylic acids is 1. The van der Waals surface area contributed by atoms with E-state index in [9.17, 15) is 22.8 Å². The zero-order chi connectivity index (χ0) is 16.3. The summed E-state index contributed by atoms with van der Waals surface area (Å²) < 4.78 is 43.9.